The van der Waals surface area contributed by atoms with Gasteiger partial charge in [-0.3, -0.25) is 0 Å². The lowest BCUT2D eigenvalue weighted by Crippen LogP contribution is -2.48. The summed E-state index contributed by atoms with van der Waals surface area (Å²) in [7, 11) is 0. The van der Waals surface area contributed by atoms with Gasteiger partial charge in [0.1, 0.15) is 35.1 Å². The summed E-state index contributed by atoms with van der Waals surface area (Å²) in [5, 5.41) is 0. The average Bonchev–Trinajstić information content (AvgIpc) is 4.06. The molecule has 8 heteroatoms. The van der Waals surface area contributed by atoms with Crippen molar-refractivity contribution in [3.8, 4) is 11.5 Å². The molecule has 4 aliphatic rings. The molecule has 0 radical (unpaired) electrons. The molecule has 4 aromatic heterocycles. The maximum absolute atomic E-state index is 6.73. The van der Waals surface area contributed by atoms with E-state index in [1.165, 1.54) is 32.1 Å². The van der Waals surface area contributed by atoms with Crippen LogP contribution in [0.4, 0.5) is 0 Å². The molecule has 6 heterocycles. The zero-order chi connectivity index (χ0) is 35.1. The molecule has 2 aliphatic heterocycles. The van der Waals surface area contributed by atoms with E-state index in [0.29, 0.717) is 12.1 Å². The normalized spacial score (nSPS) is 29.1. The molecule has 2 saturated carbocycles. The van der Waals surface area contributed by atoms with Crippen LogP contribution in [0.1, 0.15) is 116 Å². The van der Waals surface area contributed by atoms with Crippen molar-refractivity contribution in [1.29, 1.82) is 0 Å². The average molecular weight is 711 g/mol. The first-order valence-electron chi connectivity index (χ1n) is 19.5. The van der Waals surface area contributed by atoms with Crippen molar-refractivity contribution in [2.75, 3.05) is 0 Å². The first kappa shape index (κ1) is 32.7. The molecule has 272 valence electrons. The molecule has 0 spiro atoms. The number of nitrogens with zero attached hydrogens (tertiary/aromatic N) is 2. The highest BCUT2D eigenvalue weighted by molar-refractivity contribution is 5.43. The van der Waals surface area contributed by atoms with Crippen LogP contribution in [0.2, 0.25) is 0 Å². The van der Waals surface area contributed by atoms with Crippen LogP contribution in [0, 0.1) is 11.8 Å². The molecule has 4 atom stereocenters. The second kappa shape index (κ2) is 14.1. The minimum Gasteiger partial charge on any atom is -0.467 e. The van der Waals surface area contributed by atoms with Crippen molar-refractivity contribution >= 4 is 0 Å². The molecule has 6 aromatic rings. The van der Waals surface area contributed by atoms with Crippen LogP contribution in [0.5, 0.6) is 11.5 Å². The van der Waals surface area contributed by atoms with Crippen molar-refractivity contribution in [1.82, 2.24) is 9.80 Å². The van der Waals surface area contributed by atoms with E-state index in [9.17, 15) is 0 Å². The highest BCUT2D eigenvalue weighted by atomic mass is 16.5. The molecular weight excluding hydrogens is 665 g/mol. The molecule has 0 saturated heterocycles. The molecule has 2 aromatic carbocycles. The summed E-state index contributed by atoms with van der Waals surface area (Å²) in [6, 6.07) is 33.5. The summed E-state index contributed by atoms with van der Waals surface area (Å²) in [6.07, 6.45) is 17.1. The fourth-order valence-corrected chi connectivity index (χ4v) is 9.98. The third-order valence-corrected chi connectivity index (χ3v) is 12.4. The van der Waals surface area contributed by atoms with E-state index in [4.69, 9.17) is 27.1 Å². The van der Waals surface area contributed by atoms with Gasteiger partial charge in [0, 0.05) is 23.2 Å². The molecule has 8 nitrogen and oxygen atoms in total. The zero-order valence-electron chi connectivity index (χ0n) is 29.9. The number of rotatable bonds is 8. The molecule has 2 fully saturated rings. The van der Waals surface area contributed by atoms with Gasteiger partial charge in [0.2, 0.25) is 12.5 Å². The van der Waals surface area contributed by atoms with Crippen LogP contribution in [-0.4, -0.2) is 21.9 Å². The monoisotopic (exact) mass is 710 g/mol. The quantitative estimate of drug-likeness (QED) is 0.154. The summed E-state index contributed by atoms with van der Waals surface area (Å²) in [6.45, 7) is 0. The van der Waals surface area contributed by atoms with Crippen molar-refractivity contribution in [2.45, 2.75) is 94.4 Å². The number of ether oxygens (including phenoxy) is 2. The summed E-state index contributed by atoms with van der Waals surface area (Å²) in [5.74, 6) is 6.80. The van der Waals surface area contributed by atoms with Crippen molar-refractivity contribution in [3.05, 3.63) is 156 Å². The number of furan rings is 4. The van der Waals surface area contributed by atoms with E-state index in [0.717, 1.165) is 83.2 Å². The van der Waals surface area contributed by atoms with Crippen molar-refractivity contribution < 1.29 is 27.1 Å². The number of hydrogen-bond donors (Lipinski definition) is 0. The summed E-state index contributed by atoms with van der Waals surface area (Å²) in [4.78, 5) is 5.07. The lowest BCUT2D eigenvalue weighted by atomic mass is 9.74. The van der Waals surface area contributed by atoms with E-state index in [1.54, 1.807) is 25.1 Å². The Morgan fingerprint density at radius 1 is 0.415 bits per heavy atom. The smallest absolute Gasteiger partial charge is 0.212 e. The van der Waals surface area contributed by atoms with Crippen LogP contribution in [-0.2, 0) is 0 Å². The van der Waals surface area contributed by atoms with Gasteiger partial charge in [0.15, 0.2) is 11.5 Å². The number of para-hydroxylation sites is 2. The Hall–Kier alpha value is -4.92. The Labute approximate surface area is 310 Å². The van der Waals surface area contributed by atoms with Gasteiger partial charge in [-0.05, 0) is 130 Å². The third kappa shape index (κ3) is 6.12. The molecule has 0 bridgehead atoms. The minimum atomic E-state index is -0.312. The first-order chi connectivity index (χ1) is 26.3. The Morgan fingerprint density at radius 3 is 1.17 bits per heavy atom. The van der Waals surface area contributed by atoms with Gasteiger partial charge in [0.05, 0.1) is 25.1 Å². The molecular formula is C45H46N2O6. The van der Waals surface area contributed by atoms with E-state index in [1.807, 2.05) is 48.5 Å². The van der Waals surface area contributed by atoms with Gasteiger partial charge in [-0.15, -0.1) is 0 Å². The predicted octanol–water partition coefficient (Wildman–Crippen LogP) is 11.2. The SMILES string of the molecule is c1coc(C2Oc3ccccc3C(c3ccco3)N2C2CCC(CC3CCC(N4C(c5ccco5)Oc5ccccc5C4c4ccco4)CC3)CC2)c1. The van der Waals surface area contributed by atoms with E-state index in [-0.39, 0.29) is 24.5 Å². The van der Waals surface area contributed by atoms with Crippen LogP contribution in [0.3, 0.4) is 0 Å². The molecule has 0 amide bonds. The number of fused-ring (bicyclic) bond motifs is 2. The van der Waals surface area contributed by atoms with Gasteiger partial charge in [-0.2, -0.15) is 0 Å². The fraction of sp³-hybridized carbons (Fsp3) is 0.378. The maximum Gasteiger partial charge on any atom is 0.212 e. The molecule has 4 unspecified atom stereocenters. The van der Waals surface area contributed by atoms with Crippen molar-refractivity contribution in [2.24, 2.45) is 11.8 Å². The first-order valence-corrected chi connectivity index (χ1v) is 19.5. The number of hydrogen-bond acceptors (Lipinski definition) is 8. The van der Waals surface area contributed by atoms with Crippen LogP contribution in [0.15, 0.2) is 140 Å². The predicted molar refractivity (Wildman–Crippen MR) is 198 cm³/mol. The third-order valence-electron chi connectivity index (χ3n) is 12.4. The minimum absolute atomic E-state index is 0.0392. The highest BCUT2D eigenvalue weighted by Gasteiger charge is 2.47. The summed E-state index contributed by atoms with van der Waals surface area (Å²) < 4.78 is 37.7. The van der Waals surface area contributed by atoms with Gasteiger partial charge >= 0.3 is 0 Å². The van der Waals surface area contributed by atoms with Crippen LogP contribution in [0.25, 0.3) is 0 Å². The Morgan fingerprint density at radius 2 is 0.792 bits per heavy atom. The summed E-state index contributed by atoms with van der Waals surface area (Å²) in [5.41, 5.74) is 2.30. The van der Waals surface area contributed by atoms with Crippen molar-refractivity contribution in [3.63, 3.8) is 0 Å². The second-order valence-electron chi connectivity index (χ2n) is 15.4. The largest absolute Gasteiger partial charge is 0.467 e. The lowest BCUT2D eigenvalue weighted by Gasteiger charge is -2.48. The highest BCUT2D eigenvalue weighted by Crippen LogP contribution is 2.51. The fourth-order valence-electron chi connectivity index (χ4n) is 9.98. The van der Waals surface area contributed by atoms with Crippen LogP contribution >= 0.6 is 0 Å². The Bertz CT molecular complexity index is 1890. The van der Waals surface area contributed by atoms with Gasteiger partial charge < -0.3 is 27.1 Å². The van der Waals surface area contributed by atoms with E-state index < -0.39 is 0 Å². The zero-order valence-corrected chi connectivity index (χ0v) is 29.9. The maximum atomic E-state index is 6.73. The number of benzene rings is 2. The molecule has 0 N–H and O–H groups in total. The standard InChI is InChI=1S/C45H46N2O6/c1-3-11-36-34(9-1)42(38-13-5-25-48-38)46(44(52-36)40-15-7-27-50-40)32-21-17-30(18-22-32)29-31-19-23-33(24-20-31)47-43(39-14-6-26-49-39)35-10-2-4-12-37(35)53-45(47)41-16-8-28-51-41/h1-16,25-28,30-33,42-45H,17-24,29H2. The molecule has 10 rings (SSSR count). The van der Waals surface area contributed by atoms with E-state index >= 15 is 0 Å². The van der Waals surface area contributed by atoms with E-state index in [2.05, 4.69) is 58.3 Å². The topological polar surface area (TPSA) is 77.5 Å². The lowest BCUT2D eigenvalue weighted by molar-refractivity contribution is -0.0799. The molecule has 2 aliphatic carbocycles. The van der Waals surface area contributed by atoms with Gasteiger partial charge in [-0.1, -0.05) is 36.4 Å². The summed E-state index contributed by atoms with van der Waals surface area (Å²) >= 11 is 0. The van der Waals surface area contributed by atoms with Gasteiger partial charge in [0.25, 0.3) is 0 Å². The Balaban J connectivity index is 0.837. The molecule has 53 heavy (non-hydrogen) atoms. The van der Waals surface area contributed by atoms with Crippen LogP contribution < -0.4 is 9.47 Å². The Kier molecular flexibility index (Phi) is 8.73. The van der Waals surface area contributed by atoms with Gasteiger partial charge in [-0.25, -0.2) is 9.80 Å². The second-order valence-corrected chi connectivity index (χ2v) is 15.4.